The maximum atomic E-state index is 12.1. The Morgan fingerprint density at radius 3 is 2.79 bits per heavy atom. The molecule has 0 spiro atoms. The molecule has 19 heavy (non-hydrogen) atoms. The minimum Gasteiger partial charge on any atom is -0.392 e. The zero-order valence-electron chi connectivity index (χ0n) is 10.7. The van der Waals surface area contributed by atoms with E-state index in [0.29, 0.717) is 16.5 Å². The topological polar surface area (TPSA) is 49.3 Å². The van der Waals surface area contributed by atoms with Crippen LogP contribution in [0, 0.1) is 5.92 Å². The van der Waals surface area contributed by atoms with Gasteiger partial charge in [-0.15, -0.1) is 0 Å². The van der Waals surface area contributed by atoms with Crippen molar-refractivity contribution < 1.29 is 9.90 Å². The van der Waals surface area contributed by atoms with Crippen LogP contribution in [0.1, 0.15) is 37.8 Å². The molecular formula is C14H17Cl2NO2. The van der Waals surface area contributed by atoms with Crippen molar-refractivity contribution in [3.05, 3.63) is 33.8 Å². The Hall–Kier alpha value is -0.770. The number of aliphatic hydroxyl groups is 1. The van der Waals surface area contributed by atoms with Crippen LogP contribution in [0.25, 0.3) is 0 Å². The van der Waals surface area contributed by atoms with Gasteiger partial charge in [0, 0.05) is 0 Å². The van der Waals surface area contributed by atoms with Gasteiger partial charge in [0.2, 0.25) is 5.91 Å². The van der Waals surface area contributed by atoms with E-state index in [0.717, 1.165) is 18.4 Å². The molecule has 0 heterocycles. The van der Waals surface area contributed by atoms with Crippen LogP contribution in [0.3, 0.4) is 0 Å². The van der Waals surface area contributed by atoms with Gasteiger partial charge in [0.1, 0.15) is 0 Å². The van der Waals surface area contributed by atoms with Crippen LogP contribution in [0.2, 0.25) is 10.0 Å². The van der Waals surface area contributed by atoms with Crippen LogP contribution in [-0.4, -0.2) is 17.1 Å². The molecular weight excluding hydrogens is 285 g/mol. The van der Waals surface area contributed by atoms with Crippen LogP contribution >= 0.6 is 23.2 Å². The van der Waals surface area contributed by atoms with E-state index in [1.807, 2.05) is 13.0 Å². The van der Waals surface area contributed by atoms with Crippen LogP contribution in [0.5, 0.6) is 0 Å². The largest absolute Gasteiger partial charge is 0.392 e. The zero-order chi connectivity index (χ0) is 14.0. The van der Waals surface area contributed by atoms with Gasteiger partial charge in [-0.3, -0.25) is 4.79 Å². The monoisotopic (exact) mass is 301 g/mol. The first-order valence-electron chi connectivity index (χ1n) is 6.43. The molecule has 1 fully saturated rings. The normalized spacial score (nSPS) is 24.2. The minimum atomic E-state index is -0.526. The zero-order valence-corrected chi connectivity index (χ0v) is 12.2. The van der Waals surface area contributed by atoms with E-state index in [1.54, 1.807) is 12.1 Å². The van der Waals surface area contributed by atoms with E-state index < -0.39 is 6.10 Å². The number of aliphatic hydroxyl groups excluding tert-OH is 1. The first-order valence-corrected chi connectivity index (χ1v) is 7.18. The van der Waals surface area contributed by atoms with Gasteiger partial charge in [0.05, 0.1) is 28.1 Å². The van der Waals surface area contributed by atoms with E-state index in [9.17, 15) is 9.90 Å². The molecule has 1 aromatic rings. The van der Waals surface area contributed by atoms with Crippen molar-refractivity contribution in [1.82, 2.24) is 5.32 Å². The molecule has 5 heteroatoms. The van der Waals surface area contributed by atoms with Crippen molar-refractivity contribution in [1.29, 1.82) is 0 Å². The molecule has 0 saturated heterocycles. The molecule has 3 unspecified atom stereocenters. The van der Waals surface area contributed by atoms with Gasteiger partial charge in [-0.1, -0.05) is 35.3 Å². The Morgan fingerprint density at radius 2 is 2.16 bits per heavy atom. The van der Waals surface area contributed by atoms with Crippen LogP contribution in [-0.2, 0) is 4.79 Å². The summed E-state index contributed by atoms with van der Waals surface area (Å²) in [5.41, 5.74) is 0.787. The third kappa shape index (κ3) is 3.22. The highest BCUT2D eigenvalue weighted by molar-refractivity contribution is 6.42. The highest BCUT2D eigenvalue weighted by Crippen LogP contribution is 2.31. The Bertz CT molecular complexity index is 479. The van der Waals surface area contributed by atoms with Crippen molar-refractivity contribution in [3.63, 3.8) is 0 Å². The Labute approximate surface area is 122 Å². The molecule has 1 aliphatic carbocycles. The lowest BCUT2D eigenvalue weighted by molar-refractivity contribution is -0.128. The van der Waals surface area contributed by atoms with Crippen molar-refractivity contribution >= 4 is 29.1 Å². The summed E-state index contributed by atoms with van der Waals surface area (Å²) in [4.78, 5) is 12.1. The van der Waals surface area contributed by atoms with Gasteiger partial charge in [-0.25, -0.2) is 0 Å². The van der Waals surface area contributed by atoms with Crippen molar-refractivity contribution in [3.8, 4) is 0 Å². The van der Waals surface area contributed by atoms with E-state index in [-0.39, 0.29) is 17.9 Å². The first-order chi connectivity index (χ1) is 9.00. The number of hydrogen-bond acceptors (Lipinski definition) is 2. The molecule has 1 aromatic carbocycles. The average Bonchev–Trinajstić information content (AvgIpc) is 2.79. The number of benzene rings is 1. The predicted octanol–water partition coefficient (Wildman–Crippen LogP) is 3.33. The van der Waals surface area contributed by atoms with Crippen molar-refractivity contribution in [2.24, 2.45) is 5.92 Å². The second-order valence-corrected chi connectivity index (χ2v) is 5.76. The highest BCUT2D eigenvalue weighted by Gasteiger charge is 2.32. The van der Waals surface area contributed by atoms with Crippen LogP contribution in [0.4, 0.5) is 0 Å². The molecule has 3 atom stereocenters. The van der Waals surface area contributed by atoms with E-state index >= 15 is 0 Å². The maximum Gasteiger partial charge on any atom is 0.226 e. The van der Waals surface area contributed by atoms with Gasteiger partial charge in [0.25, 0.3) is 0 Å². The van der Waals surface area contributed by atoms with Crippen LogP contribution in [0.15, 0.2) is 18.2 Å². The second-order valence-electron chi connectivity index (χ2n) is 4.98. The van der Waals surface area contributed by atoms with E-state index in [2.05, 4.69) is 5.32 Å². The molecule has 1 amide bonds. The average molecular weight is 302 g/mol. The quantitative estimate of drug-likeness (QED) is 0.899. The lowest BCUT2D eigenvalue weighted by Crippen LogP contribution is -2.36. The number of carbonyl (C=O) groups is 1. The lowest BCUT2D eigenvalue weighted by Gasteiger charge is -2.20. The number of rotatable bonds is 3. The molecule has 104 valence electrons. The molecule has 0 radical (unpaired) electrons. The molecule has 0 aromatic heterocycles. The molecule has 1 aliphatic rings. The summed E-state index contributed by atoms with van der Waals surface area (Å²) in [7, 11) is 0. The fraction of sp³-hybridized carbons (Fsp3) is 0.500. The third-order valence-electron chi connectivity index (χ3n) is 3.62. The number of halogens is 2. The summed E-state index contributed by atoms with van der Waals surface area (Å²) in [6, 6.07) is 5.12. The van der Waals surface area contributed by atoms with Gasteiger partial charge in [-0.05, 0) is 37.8 Å². The Balaban J connectivity index is 2.06. The summed E-state index contributed by atoms with van der Waals surface area (Å²) in [5.74, 6) is -0.422. The second kappa shape index (κ2) is 6.12. The van der Waals surface area contributed by atoms with Gasteiger partial charge in [-0.2, -0.15) is 0 Å². The van der Waals surface area contributed by atoms with Crippen molar-refractivity contribution in [2.45, 2.75) is 38.3 Å². The van der Waals surface area contributed by atoms with Gasteiger partial charge < -0.3 is 10.4 Å². The number of hydrogen-bond donors (Lipinski definition) is 2. The van der Waals surface area contributed by atoms with Crippen LogP contribution < -0.4 is 5.32 Å². The summed E-state index contributed by atoms with van der Waals surface area (Å²) in [5, 5.41) is 13.6. The van der Waals surface area contributed by atoms with E-state index in [1.165, 1.54) is 0 Å². The molecule has 0 aliphatic heterocycles. The summed E-state index contributed by atoms with van der Waals surface area (Å²) in [6.45, 7) is 1.86. The standard InChI is InChI=1S/C14H17Cl2NO2/c1-8(9-4-2-6-11(15)13(9)16)17-14(19)10-5-3-7-12(10)18/h2,4,6,8,10,12,18H,3,5,7H2,1H3,(H,17,19). The molecule has 2 rings (SSSR count). The summed E-state index contributed by atoms with van der Waals surface area (Å²) in [6.07, 6.45) is 1.81. The van der Waals surface area contributed by atoms with Crippen molar-refractivity contribution in [2.75, 3.05) is 0 Å². The number of amides is 1. The third-order valence-corrected chi connectivity index (χ3v) is 4.46. The molecule has 3 nitrogen and oxygen atoms in total. The molecule has 1 saturated carbocycles. The summed E-state index contributed by atoms with van der Waals surface area (Å²) < 4.78 is 0. The Morgan fingerprint density at radius 1 is 1.42 bits per heavy atom. The SMILES string of the molecule is CC(NC(=O)C1CCCC1O)c1cccc(Cl)c1Cl. The van der Waals surface area contributed by atoms with E-state index in [4.69, 9.17) is 23.2 Å². The number of carbonyl (C=O) groups excluding carboxylic acids is 1. The minimum absolute atomic E-state index is 0.117. The molecule has 2 N–H and O–H groups in total. The first kappa shape index (κ1) is 14.6. The smallest absolute Gasteiger partial charge is 0.226 e. The maximum absolute atomic E-state index is 12.1. The lowest BCUT2D eigenvalue weighted by atomic mass is 10.0. The Kier molecular flexibility index (Phi) is 4.71. The fourth-order valence-electron chi connectivity index (χ4n) is 2.50. The highest BCUT2D eigenvalue weighted by atomic mass is 35.5. The fourth-order valence-corrected chi connectivity index (χ4v) is 2.97. The molecule has 0 bridgehead atoms. The number of nitrogens with one attached hydrogen (secondary N) is 1. The van der Waals surface area contributed by atoms with Gasteiger partial charge in [0.15, 0.2) is 0 Å². The summed E-state index contributed by atoms with van der Waals surface area (Å²) >= 11 is 12.1. The van der Waals surface area contributed by atoms with Gasteiger partial charge >= 0.3 is 0 Å². The predicted molar refractivity (Wildman–Crippen MR) is 76.4 cm³/mol.